The van der Waals surface area contributed by atoms with Crippen molar-refractivity contribution in [2.24, 2.45) is 0 Å². The first-order chi connectivity index (χ1) is 9.27. The molecular formula is C15H18N2O2. The maximum absolute atomic E-state index is 11.8. The monoisotopic (exact) mass is 258 g/mol. The van der Waals surface area contributed by atoms with Gasteiger partial charge in [0.05, 0.1) is 18.6 Å². The maximum atomic E-state index is 11.8. The SMILES string of the molecule is CCCOc1ccccc1-c1nc[nH]c(=O)c1CC. The fraction of sp³-hybridized carbons (Fsp3) is 0.333. The Balaban J connectivity index is 2.53. The minimum atomic E-state index is -0.0854. The molecule has 0 unspecified atom stereocenters. The highest BCUT2D eigenvalue weighted by atomic mass is 16.5. The maximum Gasteiger partial charge on any atom is 0.254 e. The molecule has 0 saturated carbocycles. The Morgan fingerprint density at radius 2 is 2.05 bits per heavy atom. The van der Waals surface area contributed by atoms with Crippen molar-refractivity contribution in [3.8, 4) is 17.0 Å². The third-order valence-electron chi connectivity index (χ3n) is 2.91. The van der Waals surface area contributed by atoms with Gasteiger partial charge in [-0.2, -0.15) is 0 Å². The average molecular weight is 258 g/mol. The van der Waals surface area contributed by atoms with Gasteiger partial charge in [0.25, 0.3) is 5.56 Å². The average Bonchev–Trinajstić information content (AvgIpc) is 2.45. The van der Waals surface area contributed by atoms with Gasteiger partial charge >= 0.3 is 0 Å². The number of aromatic amines is 1. The molecule has 4 nitrogen and oxygen atoms in total. The number of aromatic nitrogens is 2. The molecule has 4 heteroatoms. The van der Waals surface area contributed by atoms with Crippen LogP contribution in [0.1, 0.15) is 25.8 Å². The van der Waals surface area contributed by atoms with Gasteiger partial charge in [0, 0.05) is 11.1 Å². The van der Waals surface area contributed by atoms with Crippen molar-refractivity contribution in [3.63, 3.8) is 0 Å². The predicted octanol–water partition coefficient (Wildman–Crippen LogP) is 2.79. The lowest BCUT2D eigenvalue weighted by Gasteiger charge is -2.12. The van der Waals surface area contributed by atoms with Crippen LogP contribution in [0.25, 0.3) is 11.3 Å². The molecule has 2 aromatic rings. The van der Waals surface area contributed by atoms with Crippen LogP contribution >= 0.6 is 0 Å². The molecule has 2 rings (SSSR count). The van der Waals surface area contributed by atoms with Crippen molar-refractivity contribution < 1.29 is 4.74 Å². The molecule has 0 radical (unpaired) electrons. The largest absolute Gasteiger partial charge is 0.493 e. The van der Waals surface area contributed by atoms with Gasteiger partial charge in [-0.25, -0.2) is 4.98 Å². The van der Waals surface area contributed by atoms with Gasteiger partial charge in [-0.1, -0.05) is 26.0 Å². The van der Waals surface area contributed by atoms with Gasteiger partial charge in [0.1, 0.15) is 5.75 Å². The van der Waals surface area contributed by atoms with Crippen molar-refractivity contribution in [3.05, 3.63) is 46.5 Å². The van der Waals surface area contributed by atoms with E-state index in [0.717, 1.165) is 17.7 Å². The van der Waals surface area contributed by atoms with Crippen LogP contribution in [0.2, 0.25) is 0 Å². The van der Waals surface area contributed by atoms with Crippen LogP contribution in [-0.2, 0) is 6.42 Å². The minimum Gasteiger partial charge on any atom is -0.493 e. The van der Waals surface area contributed by atoms with E-state index in [4.69, 9.17) is 4.74 Å². The Bertz CT molecular complexity index is 605. The van der Waals surface area contributed by atoms with Gasteiger partial charge < -0.3 is 9.72 Å². The summed E-state index contributed by atoms with van der Waals surface area (Å²) in [6.45, 7) is 4.67. The lowest BCUT2D eigenvalue weighted by atomic mass is 10.0. The fourth-order valence-electron chi connectivity index (χ4n) is 1.99. The zero-order chi connectivity index (χ0) is 13.7. The second-order valence-corrected chi connectivity index (χ2v) is 4.26. The van der Waals surface area contributed by atoms with E-state index in [1.54, 1.807) is 0 Å². The zero-order valence-electron chi connectivity index (χ0n) is 11.3. The molecule has 1 N–H and O–H groups in total. The quantitative estimate of drug-likeness (QED) is 0.897. The molecule has 1 aromatic heterocycles. The van der Waals surface area contributed by atoms with Gasteiger partial charge in [0.2, 0.25) is 0 Å². The van der Waals surface area contributed by atoms with Crippen molar-refractivity contribution >= 4 is 0 Å². The summed E-state index contributed by atoms with van der Waals surface area (Å²) >= 11 is 0. The number of hydrogen-bond acceptors (Lipinski definition) is 3. The van der Waals surface area contributed by atoms with Crippen LogP contribution in [0, 0.1) is 0 Å². The van der Waals surface area contributed by atoms with Crippen LogP contribution < -0.4 is 10.3 Å². The molecule has 1 aromatic carbocycles. The summed E-state index contributed by atoms with van der Waals surface area (Å²) in [6.07, 6.45) is 3.02. The van der Waals surface area contributed by atoms with Gasteiger partial charge in [-0.3, -0.25) is 4.79 Å². The van der Waals surface area contributed by atoms with Gasteiger partial charge in [-0.15, -0.1) is 0 Å². The molecule has 0 aliphatic heterocycles. The second-order valence-electron chi connectivity index (χ2n) is 4.26. The predicted molar refractivity (Wildman–Crippen MR) is 75.5 cm³/mol. The number of rotatable bonds is 5. The summed E-state index contributed by atoms with van der Waals surface area (Å²) < 4.78 is 5.73. The number of nitrogens with one attached hydrogen (secondary N) is 1. The Morgan fingerprint density at radius 1 is 1.26 bits per heavy atom. The number of hydrogen-bond donors (Lipinski definition) is 1. The molecule has 0 aliphatic rings. The number of ether oxygens (including phenoxy) is 1. The van der Waals surface area contributed by atoms with Crippen molar-refractivity contribution in [2.45, 2.75) is 26.7 Å². The molecule has 0 saturated heterocycles. The molecule has 1 heterocycles. The molecule has 0 aliphatic carbocycles. The fourth-order valence-corrected chi connectivity index (χ4v) is 1.99. The van der Waals surface area contributed by atoms with E-state index in [1.165, 1.54) is 6.33 Å². The standard InChI is InChI=1S/C15H18N2O2/c1-3-9-19-13-8-6-5-7-12(13)14-11(4-2)15(18)17-10-16-14/h5-8,10H,3-4,9H2,1-2H3,(H,16,17,18). The summed E-state index contributed by atoms with van der Waals surface area (Å²) in [5.74, 6) is 0.775. The van der Waals surface area contributed by atoms with E-state index < -0.39 is 0 Å². The van der Waals surface area contributed by atoms with Crippen molar-refractivity contribution in [1.29, 1.82) is 0 Å². The molecular weight excluding hydrogens is 240 g/mol. The van der Waals surface area contributed by atoms with Gasteiger partial charge in [-0.05, 0) is 25.0 Å². The molecule has 0 atom stereocenters. The lowest BCUT2D eigenvalue weighted by molar-refractivity contribution is 0.318. The van der Waals surface area contributed by atoms with E-state index >= 15 is 0 Å². The third kappa shape index (κ3) is 2.84. The molecule has 19 heavy (non-hydrogen) atoms. The number of para-hydroxylation sites is 1. The van der Waals surface area contributed by atoms with Crippen molar-refractivity contribution in [1.82, 2.24) is 9.97 Å². The summed E-state index contributed by atoms with van der Waals surface area (Å²) in [5.41, 5.74) is 2.18. The normalized spacial score (nSPS) is 10.4. The van der Waals surface area contributed by atoms with Crippen LogP contribution in [0.4, 0.5) is 0 Å². The molecule has 0 amide bonds. The Hall–Kier alpha value is -2.10. The van der Waals surface area contributed by atoms with E-state index in [0.29, 0.717) is 24.3 Å². The lowest BCUT2D eigenvalue weighted by Crippen LogP contribution is -2.14. The number of nitrogens with zero attached hydrogens (tertiary/aromatic N) is 1. The summed E-state index contributed by atoms with van der Waals surface area (Å²) in [6, 6.07) is 7.70. The molecule has 0 fully saturated rings. The highest BCUT2D eigenvalue weighted by Gasteiger charge is 2.13. The van der Waals surface area contributed by atoms with E-state index in [1.807, 2.05) is 31.2 Å². The van der Waals surface area contributed by atoms with Crippen LogP contribution in [0.3, 0.4) is 0 Å². The highest BCUT2D eigenvalue weighted by molar-refractivity contribution is 5.69. The Kier molecular flexibility index (Phi) is 4.34. The van der Waals surface area contributed by atoms with Gasteiger partial charge in [0.15, 0.2) is 0 Å². The van der Waals surface area contributed by atoms with E-state index in [2.05, 4.69) is 16.9 Å². The Labute approximate surface area is 112 Å². The summed E-state index contributed by atoms with van der Waals surface area (Å²) in [5, 5.41) is 0. The number of H-pyrrole nitrogens is 1. The Morgan fingerprint density at radius 3 is 2.79 bits per heavy atom. The minimum absolute atomic E-state index is 0.0854. The highest BCUT2D eigenvalue weighted by Crippen LogP contribution is 2.29. The molecule has 0 spiro atoms. The summed E-state index contributed by atoms with van der Waals surface area (Å²) in [4.78, 5) is 18.8. The molecule has 0 bridgehead atoms. The first-order valence-electron chi connectivity index (χ1n) is 6.56. The third-order valence-corrected chi connectivity index (χ3v) is 2.91. The van der Waals surface area contributed by atoms with Crippen LogP contribution in [-0.4, -0.2) is 16.6 Å². The smallest absolute Gasteiger partial charge is 0.254 e. The van der Waals surface area contributed by atoms with Crippen molar-refractivity contribution in [2.75, 3.05) is 6.61 Å². The zero-order valence-corrected chi connectivity index (χ0v) is 11.3. The van der Waals surface area contributed by atoms with E-state index in [-0.39, 0.29) is 5.56 Å². The second kappa shape index (κ2) is 6.18. The summed E-state index contributed by atoms with van der Waals surface area (Å²) in [7, 11) is 0. The van der Waals surface area contributed by atoms with Crippen LogP contribution in [0.5, 0.6) is 5.75 Å². The first kappa shape index (κ1) is 13.3. The van der Waals surface area contributed by atoms with Crippen LogP contribution in [0.15, 0.2) is 35.4 Å². The first-order valence-corrected chi connectivity index (χ1v) is 6.56. The number of benzene rings is 1. The topological polar surface area (TPSA) is 55.0 Å². The van der Waals surface area contributed by atoms with E-state index in [9.17, 15) is 4.79 Å². The molecule has 100 valence electrons.